The number of hydrogen-bond acceptors (Lipinski definition) is 3. The van der Waals surface area contributed by atoms with Crippen LogP contribution < -0.4 is 10.1 Å². The van der Waals surface area contributed by atoms with Crippen LogP contribution in [0.4, 0.5) is 5.69 Å². The van der Waals surface area contributed by atoms with Crippen LogP contribution in [0.1, 0.15) is 27.4 Å². The average molecular weight is 396 g/mol. The first kappa shape index (κ1) is 19.5. The van der Waals surface area contributed by atoms with Crippen LogP contribution in [-0.4, -0.2) is 24.1 Å². The van der Waals surface area contributed by atoms with Gasteiger partial charge in [-0.1, -0.05) is 72.3 Å². The summed E-state index contributed by atoms with van der Waals surface area (Å²) in [6.07, 6.45) is 0. The Bertz CT molecular complexity index is 951. The minimum Gasteiger partial charge on any atom is -0.493 e. The van der Waals surface area contributed by atoms with E-state index < -0.39 is 11.9 Å². The molecule has 0 unspecified atom stereocenters. The molecule has 5 nitrogen and oxygen atoms in total. The highest BCUT2D eigenvalue weighted by Gasteiger charge is 2.24. The van der Waals surface area contributed by atoms with Crippen molar-refractivity contribution in [2.45, 2.75) is 5.92 Å². The molecule has 3 aromatic carbocycles. The zero-order valence-corrected chi connectivity index (χ0v) is 15.8. The van der Waals surface area contributed by atoms with E-state index in [1.165, 1.54) is 19.2 Å². The van der Waals surface area contributed by atoms with E-state index in [0.29, 0.717) is 0 Å². The van der Waals surface area contributed by atoms with Crippen LogP contribution in [-0.2, 0) is 4.79 Å². The molecule has 0 heterocycles. The van der Waals surface area contributed by atoms with E-state index in [4.69, 9.17) is 16.3 Å². The molecule has 3 rings (SSSR count). The maximum atomic E-state index is 13.2. The van der Waals surface area contributed by atoms with Gasteiger partial charge in [0.05, 0.1) is 29.3 Å². The topological polar surface area (TPSA) is 75.6 Å². The number of carboxylic acid groups (broad SMARTS) is 1. The van der Waals surface area contributed by atoms with Crippen LogP contribution in [0.3, 0.4) is 0 Å². The Labute approximate surface area is 167 Å². The van der Waals surface area contributed by atoms with Gasteiger partial charge < -0.3 is 15.2 Å². The lowest BCUT2D eigenvalue weighted by Gasteiger charge is -2.19. The van der Waals surface area contributed by atoms with E-state index in [9.17, 15) is 14.7 Å². The molecule has 3 aromatic rings. The number of ether oxygens (including phenoxy) is 1. The maximum Gasteiger partial charge on any atom is 0.335 e. The Morgan fingerprint density at radius 1 is 0.964 bits per heavy atom. The van der Waals surface area contributed by atoms with E-state index in [1.54, 1.807) is 0 Å². The fourth-order valence-corrected chi connectivity index (χ4v) is 3.30. The summed E-state index contributed by atoms with van der Waals surface area (Å²) < 4.78 is 5.26. The van der Waals surface area contributed by atoms with Gasteiger partial charge in [0.2, 0.25) is 5.91 Å². The Morgan fingerprint density at radius 3 is 1.96 bits per heavy atom. The summed E-state index contributed by atoms with van der Waals surface area (Å²) in [4.78, 5) is 24.6. The van der Waals surface area contributed by atoms with Crippen molar-refractivity contribution in [3.63, 3.8) is 0 Å². The van der Waals surface area contributed by atoms with Crippen LogP contribution in [0.25, 0.3) is 0 Å². The number of nitrogens with one attached hydrogen (secondary N) is 1. The summed E-state index contributed by atoms with van der Waals surface area (Å²) in [6, 6.07) is 21.3. The zero-order chi connectivity index (χ0) is 20.1. The Hall–Kier alpha value is -3.31. The molecule has 28 heavy (non-hydrogen) atoms. The molecule has 0 aliphatic heterocycles. The van der Waals surface area contributed by atoms with Crippen LogP contribution in [0, 0.1) is 0 Å². The lowest BCUT2D eigenvalue weighted by atomic mass is 9.90. The SMILES string of the molecule is COc1c(Cl)cc(C(=O)O)cc1NC(=O)C(c1ccccc1)c1ccccc1. The molecule has 0 aromatic heterocycles. The van der Waals surface area contributed by atoms with Crippen LogP contribution >= 0.6 is 11.6 Å². The van der Waals surface area contributed by atoms with Crippen molar-refractivity contribution in [3.05, 3.63) is 94.5 Å². The Kier molecular flexibility index (Phi) is 5.96. The highest BCUT2D eigenvalue weighted by atomic mass is 35.5. The van der Waals surface area contributed by atoms with Gasteiger partial charge in [-0.05, 0) is 23.3 Å². The fourth-order valence-electron chi connectivity index (χ4n) is 3.01. The standard InChI is InChI=1S/C22H18ClNO4/c1-28-20-17(23)12-16(22(26)27)13-18(20)24-21(25)19(14-8-4-2-5-9-14)15-10-6-3-7-11-15/h2-13,19H,1H3,(H,24,25)(H,26,27). The molecule has 0 radical (unpaired) electrons. The summed E-state index contributed by atoms with van der Waals surface area (Å²) in [5.41, 5.74) is 1.78. The van der Waals surface area contributed by atoms with Gasteiger partial charge in [-0.3, -0.25) is 4.79 Å². The maximum absolute atomic E-state index is 13.2. The van der Waals surface area contributed by atoms with Gasteiger partial charge in [0.15, 0.2) is 5.75 Å². The summed E-state index contributed by atoms with van der Waals surface area (Å²) in [7, 11) is 1.41. The number of amides is 1. The van der Waals surface area contributed by atoms with Gasteiger partial charge in [0.1, 0.15) is 0 Å². The van der Waals surface area contributed by atoms with Crippen LogP contribution in [0.5, 0.6) is 5.75 Å². The molecule has 0 aliphatic carbocycles. The first-order valence-electron chi connectivity index (χ1n) is 8.53. The molecule has 0 fully saturated rings. The summed E-state index contributed by atoms with van der Waals surface area (Å²) in [5.74, 6) is -1.85. The first-order chi connectivity index (χ1) is 13.5. The third-order valence-electron chi connectivity index (χ3n) is 4.28. The number of benzene rings is 3. The monoisotopic (exact) mass is 395 g/mol. The zero-order valence-electron chi connectivity index (χ0n) is 15.1. The van der Waals surface area contributed by atoms with E-state index in [0.717, 1.165) is 11.1 Å². The third-order valence-corrected chi connectivity index (χ3v) is 4.56. The van der Waals surface area contributed by atoms with Gasteiger partial charge in [0, 0.05) is 0 Å². The molecule has 0 saturated carbocycles. The van der Waals surface area contributed by atoms with Crippen molar-refractivity contribution >= 4 is 29.2 Å². The largest absolute Gasteiger partial charge is 0.493 e. The minimum absolute atomic E-state index is 0.0444. The van der Waals surface area contributed by atoms with Crippen molar-refractivity contribution in [2.24, 2.45) is 0 Å². The molecule has 0 bridgehead atoms. The van der Waals surface area contributed by atoms with E-state index in [1.807, 2.05) is 60.7 Å². The van der Waals surface area contributed by atoms with Crippen molar-refractivity contribution < 1.29 is 19.4 Å². The van der Waals surface area contributed by atoms with E-state index >= 15 is 0 Å². The van der Waals surface area contributed by atoms with Gasteiger partial charge in [-0.2, -0.15) is 0 Å². The van der Waals surface area contributed by atoms with Crippen LogP contribution in [0.2, 0.25) is 5.02 Å². The third kappa shape index (κ3) is 4.15. The summed E-state index contributed by atoms with van der Waals surface area (Å²) >= 11 is 6.14. The van der Waals surface area contributed by atoms with Gasteiger partial charge >= 0.3 is 5.97 Å². The van der Waals surface area contributed by atoms with Gasteiger partial charge in [-0.15, -0.1) is 0 Å². The second kappa shape index (κ2) is 8.59. The Morgan fingerprint density at radius 2 is 1.50 bits per heavy atom. The lowest BCUT2D eigenvalue weighted by Crippen LogP contribution is -2.22. The molecule has 142 valence electrons. The average Bonchev–Trinajstić information content (AvgIpc) is 2.69. The lowest BCUT2D eigenvalue weighted by molar-refractivity contribution is -0.116. The fraction of sp³-hybridized carbons (Fsp3) is 0.0909. The normalized spacial score (nSPS) is 10.5. The van der Waals surface area contributed by atoms with Crippen molar-refractivity contribution in [1.82, 2.24) is 0 Å². The molecule has 6 heteroatoms. The molecular weight excluding hydrogens is 378 g/mol. The number of hydrogen-bond donors (Lipinski definition) is 2. The second-order valence-electron chi connectivity index (χ2n) is 6.09. The quantitative estimate of drug-likeness (QED) is 0.627. The number of carbonyl (C=O) groups excluding carboxylic acids is 1. The van der Waals surface area contributed by atoms with Crippen molar-refractivity contribution in [2.75, 3.05) is 12.4 Å². The van der Waals surface area contributed by atoms with Crippen molar-refractivity contribution in [1.29, 1.82) is 0 Å². The van der Waals surface area contributed by atoms with E-state index in [-0.39, 0.29) is 27.9 Å². The highest BCUT2D eigenvalue weighted by Crippen LogP contribution is 2.36. The number of methoxy groups -OCH3 is 1. The number of carbonyl (C=O) groups is 2. The smallest absolute Gasteiger partial charge is 0.335 e. The number of aromatic carboxylic acids is 1. The van der Waals surface area contributed by atoms with Crippen LogP contribution in [0.15, 0.2) is 72.8 Å². The number of anilines is 1. The highest BCUT2D eigenvalue weighted by molar-refractivity contribution is 6.33. The number of rotatable bonds is 6. The number of carboxylic acids is 1. The Balaban J connectivity index is 2.03. The number of halogens is 1. The summed E-state index contributed by atoms with van der Waals surface area (Å²) in [5, 5.41) is 12.2. The predicted molar refractivity (Wildman–Crippen MR) is 108 cm³/mol. The van der Waals surface area contributed by atoms with Crippen molar-refractivity contribution in [3.8, 4) is 5.75 Å². The van der Waals surface area contributed by atoms with E-state index in [2.05, 4.69) is 5.32 Å². The first-order valence-corrected chi connectivity index (χ1v) is 8.90. The molecular formula is C22H18ClNO4. The molecule has 0 saturated heterocycles. The van der Waals surface area contributed by atoms with Gasteiger partial charge in [0.25, 0.3) is 0 Å². The molecule has 2 N–H and O–H groups in total. The van der Waals surface area contributed by atoms with Gasteiger partial charge in [-0.25, -0.2) is 4.79 Å². The molecule has 0 atom stereocenters. The minimum atomic E-state index is -1.15. The molecule has 0 aliphatic rings. The predicted octanol–water partition coefficient (Wildman–Crippen LogP) is 4.82. The molecule has 1 amide bonds. The summed E-state index contributed by atoms with van der Waals surface area (Å²) in [6.45, 7) is 0. The second-order valence-corrected chi connectivity index (χ2v) is 6.49. The molecule has 0 spiro atoms.